The Hall–Kier alpha value is -2.48. The minimum Gasteiger partial charge on any atom is -0.495 e. The van der Waals surface area contributed by atoms with E-state index in [1.807, 2.05) is 14.1 Å². The van der Waals surface area contributed by atoms with Crippen LogP contribution in [-0.2, 0) is 0 Å². The fourth-order valence-corrected chi connectivity index (χ4v) is 2.63. The van der Waals surface area contributed by atoms with Crippen LogP contribution in [0.4, 0.5) is 5.69 Å². The Bertz CT molecular complexity index is 726. The second kappa shape index (κ2) is 5.49. The van der Waals surface area contributed by atoms with E-state index in [0.717, 1.165) is 17.0 Å². The highest BCUT2D eigenvalue weighted by Crippen LogP contribution is 2.33. The van der Waals surface area contributed by atoms with Gasteiger partial charge in [0.1, 0.15) is 5.75 Å². The van der Waals surface area contributed by atoms with E-state index in [0.29, 0.717) is 0 Å². The van der Waals surface area contributed by atoms with Crippen molar-refractivity contribution in [2.24, 2.45) is 0 Å². The summed E-state index contributed by atoms with van der Waals surface area (Å²) in [6.45, 7) is 0. The molecule has 21 heavy (non-hydrogen) atoms. The first-order valence-electron chi connectivity index (χ1n) is 7.03. The molecule has 0 saturated heterocycles. The van der Waals surface area contributed by atoms with Gasteiger partial charge >= 0.3 is 0 Å². The van der Waals surface area contributed by atoms with Crippen LogP contribution >= 0.6 is 0 Å². The minimum absolute atomic E-state index is 0.893. The fourth-order valence-electron chi connectivity index (χ4n) is 2.63. The number of methoxy groups -OCH3 is 1. The monoisotopic (exact) mass is 277 g/mol. The zero-order valence-electron chi connectivity index (χ0n) is 12.6. The molecule has 3 rings (SSSR count). The number of fused-ring (bicyclic) bond motifs is 1. The van der Waals surface area contributed by atoms with Gasteiger partial charge in [0.2, 0.25) is 0 Å². The zero-order valence-corrected chi connectivity index (χ0v) is 12.6. The highest BCUT2D eigenvalue weighted by atomic mass is 16.5. The third-order valence-electron chi connectivity index (χ3n) is 3.72. The van der Waals surface area contributed by atoms with Gasteiger partial charge in [0.25, 0.3) is 0 Å². The number of rotatable bonds is 3. The second-order valence-electron chi connectivity index (χ2n) is 5.35. The first-order chi connectivity index (χ1) is 10.2. The summed E-state index contributed by atoms with van der Waals surface area (Å²) in [4.78, 5) is 2.06. The predicted molar refractivity (Wildman–Crippen MR) is 90.7 cm³/mol. The lowest BCUT2D eigenvalue weighted by molar-refractivity contribution is 0.415. The molecule has 2 heteroatoms. The van der Waals surface area contributed by atoms with Crippen LogP contribution < -0.4 is 9.64 Å². The molecule has 2 aromatic carbocycles. The Kier molecular flexibility index (Phi) is 3.53. The molecule has 0 spiro atoms. The van der Waals surface area contributed by atoms with Crippen LogP contribution in [-0.4, -0.2) is 21.2 Å². The molecule has 2 nitrogen and oxygen atoms in total. The zero-order chi connectivity index (χ0) is 14.8. The highest BCUT2D eigenvalue weighted by molar-refractivity contribution is 5.97. The highest BCUT2D eigenvalue weighted by Gasteiger charge is 2.10. The Morgan fingerprint density at radius 2 is 1.81 bits per heavy atom. The number of allylic oxidation sites excluding steroid dienone is 2. The standard InChI is InChI=1S/C19H19NO/c1-20(2)18-11-8-14(13-19(18)21-3)12-16-10-9-15-6-4-5-7-17(15)16/h4-13H,1-3H3/b16-12-. The topological polar surface area (TPSA) is 12.5 Å². The van der Waals surface area contributed by atoms with Gasteiger partial charge < -0.3 is 9.64 Å². The van der Waals surface area contributed by atoms with Gasteiger partial charge in [-0.1, -0.05) is 42.5 Å². The Balaban J connectivity index is 2.00. The number of benzene rings is 2. The molecule has 0 atom stereocenters. The summed E-state index contributed by atoms with van der Waals surface area (Å²) in [6.07, 6.45) is 6.52. The van der Waals surface area contributed by atoms with Crippen molar-refractivity contribution in [3.05, 3.63) is 65.2 Å². The molecule has 0 fully saturated rings. The Morgan fingerprint density at radius 1 is 1.00 bits per heavy atom. The van der Waals surface area contributed by atoms with Crippen molar-refractivity contribution in [1.82, 2.24) is 0 Å². The lowest BCUT2D eigenvalue weighted by Crippen LogP contribution is -2.10. The molecule has 0 saturated carbocycles. The van der Waals surface area contributed by atoms with Crippen LogP contribution in [0.5, 0.6) is 5.75 Å². The van der Waals surface area contributed by atoms with Crippen LogP contribution in [0.3, 0.4) is 0 Å². The number of nitrogens with zero attached hydrogens (tertiary/aromatic N) is 1. The normalized spacial score (nSPS) is 14.3. The van der Waals surface area contributed by atoms with Crippen molar-refractivity contribution >= 4 is 23.4 Å². The largest absolute Gasteiger partial charge is 0.495 e. The lowest BCUT2D eigenvalue weighted by Gasteiger charge is -2.17. The number of hydrogen-bond acceptors (Lipinski definition) is 2. The third-order valence-corrected chi connectivity index (χ3v) is 3.72. The van der Waals surface area contributed by atoms with Gasteiger partial charge in [0, 0.05) is 14.1 Å². The molecule has 0 heterocycles. The molecule has 1 aliphatic rings. The SMILES string of the molecule is COc1cc(/C=C2/C=Cc3ccccc32)ccc1N(C)C. The summed E-state index contributed by atoms with van der Waals surface area (Å²) >= 11 is 0. The third kappa shape index (κ3) is 2.57. The van der Waals surface area contributed by atoms with E-state index >= 15 is 0 Å². The second-order valence-corrected chi connectivity index (χ2v) is 5.35. The molecule has 0 aromatic heterocycles. The molecular weight excluding hydrogens is 258 g/mol. The van der Waals surface area contributed by atoms with Crippen LogP contribution in [0, 0.1) is 0 Å². The van der Waals surface area contributed by atoms with Gasteiger partial charge in [0.15, 0.2) is 0 Å². The average molecular weight is 277 g/mol. The summed E-state index contributed by atoms with van der Waals surface area (Å²) < 4.78 is 5.49. The van der Waals surface area contributed by atoms with E-state index in [1.165, 1.54) is 16.7 Å². The van der Waals surface area contributed by atoms with Gasteiger partial charge in [-0.25, -0.2) is 0 Å². The van der Waals surface area contributed by atoms with E-state index in [-0.39, 0.29) is 0 Å². The number of hydrogen-bond donors (Lipinski definition) is 0. The van der Waals surface area contributed by atoms with Gasteiger partial charge in [-0.2, -0.15) is 0 Å². The molecule has 1 aliphatic carbocycles. The fraction of sp³-hybridized carbons (Fsp3) is 0.158. The summed E-state index contributed by atoms with van der Waals surface area (Å²) in [5.74, 6) is 0.893. The maximum Gasteiger partial charge on any atom is 0.142 e. The molecule has 0 bridgehead atoms. The Labute approximate surface area is 126 Å². The van der Waals surface area contributed by atoms with Crippen molar-refractivity contribution in [3.63, 3.8) is 0 Å². The molecule has 0 unspecified atom stereocenters. The summed E-state index contributed by atoms with van der Waals surface area (Å²) in [5.41, 5.74) is 6.04. The van der Waals surface area contributed by atoms with E-state index < -0.39 is 0 Å². The molecular formula is C19H19NO. The Morgan fingerprint density at radius 3 is 2.57 bits per heavy atom. The summed E-state index contributed by atoms with van der Waals surface area (Å²) in [5, 5.41) is 0. The predicted octanol–water partition coefficient (Wildman–Crippen LogP) is 4.33. The van der Waals surface area contributed by atoms with Crippen LogP contribution in [0.1, 0.15) is 16.7 Å². The molecule has 106 valence electrons. The van der Waals surface area contributed by atoms with Crippen LogP contribution in [0.15, 0.2) is 48.5 Å². The molecule has 0 radical (unpaired) electrons. The number of anilines is 1. The van der Waals surface area contributed by atoms with Gasteiger partial charge in [-0.05, 0) is 40.5 Å². The van der Waals surface area contributed by atoms with Crippen molar-refractivity contribution in [3.8, 4) is 5.75 Å². The smallest absolute Gasteiger partial charge is 0.142 e. The number of ether oxygens (including phenoxy) is 1. The quantitative estimate of drug-likeness (QED) is 0.828. The molecule has 2 aromatic rings. The molecule has 0 amide bonds. The van der Waals surface area contributed by atoms with Gasteiger partial charge in [-0.3, -0.25) is 0 Å². The lowest BCUT2D eigenvalue weighted by atomic mass is 10.0. The van der Waals surface area contributed by atoms with E-state index in [2.05, 4.69) is 65.6 Å². The van der Waals surface area contributed by atoms with E-state index in [4.69, 9.17) is 4.74 Å². The van der Waals surface area contributed by atoms with Gasteiger partial charge in [-0.15, -0.1) is 0 Å². The minimum atomic E-state index is 0.893. The summed E-state index contributed by atoms with van der Waals surface area (Å²) in [7, 11) is 5.75. The summed E-state index contributed by atoms with van der Waals surface area (Å²) in [6, 6.07) is 14.7. The first-order valence-corrected chi connectivity index (χ1v) is 7.03. The van der Waals surface area contributed by atoms with E-state index in [9.17, 15) is 0 Å². The van der Waals surface area contributed by atoms with Crippen molar-refractivity contribution in [2.45, 2.75) is 0 Å². The molecule has 0 aliphatic heterocycles. The van der Waals surface area contributed by atoms with E-state index in [1.54, 1.807) is 7.11 Å². The van der Waals surface area contributed by atoms with Crippen molar-refractivity contribution in [2.75, 3.05) is 26.1 Å². The maximum atomic E-state index is 5.49. The van der Waals surface area contributed by atoms with Crippen LogP contribution in [0.2, 0.25) is 0 Å². The van der Waals surface area contributed by atoms with Crippen molar-refractivity contribution in [1.29, 1.82) is 0 Å². The van der Waals surface area contributed by atoms with Gasteiger partial charge in [0.05, 0.1) is 12.8 Å². The first kappa shape index (κ1) is 13.5. The maximum absolute atomic E-state index is 5.49. The molecule has 0 N–H and O–H groups in total. The van der Waals surface area contributed by atoms with Crippen LogP contribution in [0.25, 0.3) is 17.7 Å². The van der Waals surface area contributed by atoms with Crippen molar-refractivity contribution < 1.29 is 4.74 Å². The average Bonchev–Trinajstić information content (AvgIpc) is 2.90.